The molecule has 0 N–H and O–H groups in total. The average molecular weight is 201 g/mol. The van der Waals surface area contributed by atoms with E-state index in [1.165, 1.54) is 12.3 Å². The molecule has 0 amide bonds. The zero-order valence-corrected chi connectivity index (χ0v) is 8.17. The molecule has 76 valence electrons. The molecule has 0 radical (unpaired) electrons. The molecule has 0 aromatic carbocycles. The molecule has 0 bridgehead atoms. The molecule has 1 atom stereocenters. The van der Waals surface area contributed by atoms with Crippen LogP contribution in [0.4, 0.5) is 0 Å². The summed E-state index contributed by atoms with van der Waals surface area (Å²) in [5, 5.41) is 0. The largest absolute Gasteiger partial charge is 0.493 e. The highest BCUT2D eigenvalue weighted by Gasteiger charge is 2.12. The van der Waals surface area contributed by atoms with Gasteiger partial charge in [-0.1, -0.05) is 6.07 Å². The van der Waals surface area contributed by atoms with Crippen LogP contribution in [0.5, 0.6) is 0 Å². The fourth-order valence-corrected chi connectivity index (χ4v) is 1.32. The molecule has 1 aromatic heterocycles. The first-order valence-corrected chi connectivity index (χ1v) is 4.79. The normalized spacial score (nSPS) is 20.5. The highest BCUT2D eigenvalue weighted by Crippen LogP contribution is 2.10. The summed E-state index contributed by atoms with van der Waals surface area (Å²) in [5.41, 5.74) is 0.864. The van der Waals surface area contributed by atoms with E-state index in [-0.39, 0.29) is 11.9 Å². The van der Waals surface area contributed by atoms with Gasteiger partial charge in [0.05, 0.1) is 18.4 Å². The van der Waals surface area contributed by atoms with E-state index in [1.54, 1.807) is 6.20 Å². The van der Waals surface area contributed by atoms with E-state index in [9.17, 15) is 4.79 Å². The maximum Gasteiger partial charge on any atom is 0.162 e. The Morgan fingerprint density at radius 1 is 1.47 bits per heavy atom. The first-order valence-electron chi connectivity index (χ1n) is 4.79. The Morgan fingerprint density at radius 2 is 2.40 bits per heavy atom. The lowest BCUT2D eigenvalue weighted by Gasteiger charge is -2.14. The average Bonchev–Trinajstić information content (AvgIpc) is 2.28. The van der Waals surface area contributed by atoms with Gasteiger partial charge in [-0.05, 0) is 24.3 Å². The van der Waals surface area contributed by atoms with Crippen LogP contribution in [0.25, 0.3) is 6.08 Å². The summed E-state index contributed by atoms with van der Waals surface area (Å²) >= 11 is 0. The molecule has 0 saturated carbocycles. The second kappa shape index (κ2) is 4.55. The molecular weight excluding hydrogens is 190 g/mol. The van der Waals surface area contributed by atoms with Crippen LogP contribution in [0.15, 0.2) is 42.8 Å². The first-order chi connectivity index (χ1) is 7.34. The maximum atomic E-state index is 11.1. The molecule has 2 heterocycles. The predicted octanol–water partition coefficient (Wildman–Crippen LogP) is 1.97. The minimum atomic E-state index is -0.162. The number of ether oxygens (including phenoxy) is 1. The minimum absolute atomic E-state index is 0.0944. The van der Waals surface area contributed by atoms with Gasteiger partial charge in [0.1, 0.15) is 6.10 Å². The van der Waals surface area contributed by atoms with E-state index >= 15 is 0 Å². The van der Waals surface area contributed by atoms with Crippen LogP contribution >= 0.6 is 0 Å². The van der Waals surface area contributed by atoms with Crippen LogP contribution < -0.4 is 0 Å². The number of aromatic nitrogens is 1. The molecular formula is C12H11NO2. The van der Waals surface area contributed by atoms with Crippen molar-refractivity contribution in [2.45, 2.75) is 12.5 Å². The topological polar surface area (TPSA) is 39.2 Å². The third-order valence-corrected chi connectivity index (χ3v) is 2.08. The number of allylic oxidation sites excluding steroid dienone is 1. The van der Waals surface area contributed by atoms with Gasteiger partial charge in [-0.25, -0.2) is 0 Å². The predicted molar refractivity (Wildman–Crippen MR) is 56.9 cm³/mol. The Morgan fingerprint density at radius 3 is 3.13 bits per heavy atom. The second-order valence-electron chi connectivity index (χ2n) is 3.26. The van der Waals surface area contributed by atoms with Gasteiger partial charge < -0.3 is 4.74 Å². The Kier molecular flexibility index (Phi) is 2.93. The summed E-state index contributed by atoms with van der Waals surface area (Å²) in [7, 11) is 0. The lowest BCUT2D eigenvalue weighted by molar-refractivity contribution is -0.117. The maximum absolute atomic E-state index is 11.1. The van der Waals surface area contributed by atoms with E-state index in [4.69, 9.17) is 4.74 Å². The van der Waals surface area contributed by atoms with E-state index in [2.05, 4.69) is 4.98 Å². The van der Waals surface area contributed by atoms with E-state index < -0.39 is 0 Å². The molecule has 15 heavy (non-hydrogen) atoms. The number of carbonyl (C=O) groups is 1. The van der Waals surface area contributed by atoms with Crippen molar-refractivity contribution in [3.8, 4) is 0 Å². The molecule has 1 aliphatic rings. The van der Waals surface area contributed by atoms with Crippen molar-refractivity contribution in [1.82, 2.24) is 4.98 Å². The molecule has 1 aromatic rings. The number of rotatable bonds is 2. The molecule has 0 spiro atoms. The monoisotopic (exact) mass is 201 g/mol. The number of ketones is 1. The lowest BCUT2D eigenvalue weighted by atomic mass is 10.1. The fraction of sp³-hybridized carbons (Fsp3) is 0.167. The van der Waals surface area contributed by atoms with E-state index in [0.29, 0.717) is 6.42 Å². The summed E-state index contributed by atoms with van der Waals surface area (Å²) in [6.07, 6.45) is 8.57. The third-order valence-electron chi connectivity index (χ3n) is 2.08. The molecule has 3 heteroatoms. The van der Waals surface area contributed by atoms with Crippen LogP contribution in [0.3, 0.4) is 0 Å². The number of hydrogen-bond donors (Lipinski definition) is 0. The molecule has 3 nitrogen and oxygen atoms in total. The lowest BCUT2D eigenvalue weighted by Crippen LogP contribution is -2.15. The van der Waals surface area contributed by atoms with Gasteiger partial charge >= 0.3 is 0 Å². The van der Waals surface area contributed by atoms with Crippen LogP contribution in [0, 0.1) is 0 Å². The first kappa shape index (κ1) is 9.65. The smallest absolute Gasteiger partial charge is 0.162 e. The van der Waals surface area contributed by atoms with Crippen LogP contribution in [-0.4, -0.2) is 16.9 Å². The fourth-order valence-electron chi connectivity index (χ4n) is 1.32. The zero-order chi connectivity index (χ0) is 10.5. The molecule has 2 rings (SSSR count). The van der Waals surface area contributed by atoms with Crippen LogP contribution in [-0.2, 0) is 9.53 Å². The van der Waals surface area contributed by atoms with E-state index in [0.717, 1.165) is 5.69 Å². The van der Waals surface area contributed by atoms with Gasteiger partial charge in [0.15, 0.2) is 5.78 Å². The Hall–Kier alpha value is -1.90. The second-order valence-corrected chi connectivity index (χ2v) is 3.26. The van der Waals surface area contributed by atoms with Gasteiger partial charge in [-0.15, -0.1) is 0 Å². The van der Waals surface area contributed by atoms with Crippen molar-refractivity contribution < 1.29 is 9.53 Å². The van der Waals surface area contributed by atoms with Crippen molar-refractivity contribution >= 4 is 11.9 Å². The summed E-state index contributed by atoms with van der Waals surface area (Å²) in [6, 6.07) is 5.68. The van der Waals surface area contributed by atoms with Crippen molar-refractivity contribution in [3.05, 3.63) is 48.5 Å². The number of nitrogens with zero attached hydrogens (tertiary/aromatic N) is 1. The summed E-state index contributed by atoms with van der Waals surface area (Å²) in [5.74, 6) is 0.0944. The SMILES string of the molecule is O=C1C=CO[C@@H](/C=C/c2ccccn2)C1. The summed E-state index contributed by atoms with van der Waals surface area (Å²) in [4.78, 5) is 15.2. The van der Waals surface area contributed by atoms with Gasteiger partial charge in [-0.3, -0.25) is 9.78 Å². The highest BCUT2D eigenvalue weighted by molar-refractivity contribution is 5.90. The van der Waals surface area contributed by atoms with E-state index in [1.807, 2.05) is 30.4 Å². The Labute approximate surface area is 88.1 Å². The molecule has 0 fully saturated rings. The summed E-state index contributed by atoms with van der Waals surface area (Å²) in [6.45, 7) is 0. The molecule has 0 unspecified atom stereocenters. The number of pyridine rings is 1. The summed E-state index contributed by atoms with van der Waals surface area (Å²) < 4.78 is 5.25. The van der Waals surface area contributed by atoms with Crippen molar-refractivity contribution in [2.75, 3.05) is 0 Å². The quantitative estimate of drug-likeness (QED) is 0.734. The Bertz CT molecular complexity index is 395. The minimum Gasteiger partial charge on any atom is -0.493 e. The number of hydrogen-bond acceptors (Lipinski definition) is 3. The third kappa shape index (κ3) is 2.77. The van der Waals surface area contributed by atoms with Gasteiger partial charge in [0.25, 0.3) is 0 Å². The molecule has 0 saturated heterocycles. The van der Waals surface area contributed by atoms with Crippen molar-refractivity contribution in [1.29, 1.82) is 0 Å². The molecule has 1 aliphatic heterocycles. The number of carbonyl (C=O) groups excluding carboxylic acids is 1. The van der Waals surface area contributed by atoms with Crippen molar-refractivity contribution in [3.63, 3.8) is 0 Å². The zero-order valence-electron chi connectivity index (χ0n) is 8.17. The van der Waals surface area contributed by atoms with Crippen LogP contribution in [0.2, 0.25) is 0 Å². The Balaban J connectivity index is 2.00. The highest BCUT2D eigenvalue weighted by atomic mass is 16.5. The standard InChI is InChI=1S/C12H11NO2/c14-11-6-8-15-12(9-11)5-4-10-3-1-2-7-13-10/h1-8,12H,9H2/b5-4+/t12-/m0/s1. The molecule has 0 aliphatic carbocycles. The van der Waals surface area contributed by atoms with Gasteiger partial charge in [-0.2, -0.15) is 0 Å². The van der Waals surface area contributed by atoms with Gasteiger partial charge in [0, 0.05) is 12.3 Å². The van der Waals surface area contributed by atoms with Crippen LogP contribution in [0.1, 0.15) is 12.1 Å². The van der Waals surface area contributed by atoms with Crippen molar-refractivity contribution in [2.24, 2.45) is 0 Å². The van der Waals surface area contributed by atoms with Gasteiger partial charge in [0.2, 0.25) is 0 Å².